The minimum absolute atomic E-state index is 0.214. The molecule has 3 aromatic rings. The highest BCUT2D eigenvalue weighted by atomic mass is 32.1. The van der Waals surface area contributed by atoms with Crippen molar-refractivity contribution in [2.45, 2.75) is 44.6 Å². The van der Waals surface area contributed by atoms with E-state index in [1.165, 1.54) is 31.2 Å². The van der Waals surface area contributed by atoms with Gasteiger partial charge in [-0.3, -0.25) is 9.69 Å². The molecule has 0 bridgehead atoms. The van der Waals surface area contributed by atoms with E-state index in [9.17, 15) is 4.79 Å². The van der Waals surface area contributed by atoms with Crippen LogP contribution in [0.4, 0.5) is 0 Å². The van der Waals surface area contributed by atoms with Crippen LogP contribution < -0.4 is 4.74 Å². The van der Waals surface area contributed by atoms with E-state index in [2.05, 4.69) is 22.0 Å². The summed E-state index contributed by atoms with van der Waals surface area (Å²) >= 11 is 1.54. The third kappa shape index (κ3) is 5.34. The Hall–Kier alpha value is -2.44. The molecule has 1 aromatic heterocycles. The molecule has 0 unspecified atom stereocenters. The Labute approximate surface area is 175 Å². The monoisotopic (exact) mass is 410 g/mol. The molecule has 0 amide bonds. The zero-order chi connectivity index (χ0) is 20.1. The minimum atomic E-state index is -0.718. The first kappa shape index (κ1) is 19.9. The molecule has 0 aliphatic heterocycles. The van der Waals surface area contributed by atoms with Crippen molar-refractivity contribution in [2.24, 2.45) is 0 Å². The maximum Gasteiger partial charge on any atom is 0.304 e. The van der Waals surface area contributed by atoms with Crippen LogP contribution in [0.25, 0.3) is 10.2 Å². The third-order valence-electron chi connectivity index (χ3n) is 5.54. The quantitative estimate of drug-likeness (QED) is 0.515. The first-order valence-corrected chi connectivity index (χ1v) is 11.1. The zero-order valence-corrected chi connectivity index (χ0v) is 17.2. The van der Waals surface area contributed by atoms with Gasteiger partial charge < -0.3 is 9.84 Å². The predicted octanol–water partition coefficient (Wildman–Crippen LogP) is 5.35. The molecule has 1 heterocycles. The number of hydrogen-bond acceptors (Lipinski definition) is 5. The Bertz CT molecular complexity index is 915. The average Bonchev–Trinajstić information content (AvgIpc) is 3.38. The fourth-order valence-electron chi connectivity index (χ4n) is 3.98. The zero-order valence-electron chi connectivity index (χ0n) is 16.4. The summed E-state index contributed by atoms with van der Waals surface area (Å²) in [4.78, 5) is 17.9. The highest BCUT2D eigenvalue weighted by Gasteiger charge is 2.22. The van der Waals surface area contributed by atoms with Crippen molar-refractivity contribution in [3.8, 4) is 10.9 Å². The van der Waals surface area contributed by atoms with Crippen LogP contribution in [0.5, 0.6) is 10.9 Å². The molecule has 1 aliphatic rings. The number of aliphatic carboxylic acids is 1. The molecule has 152 valence electrons. The largest absolute Gasteiger partial charge is 0.481 e. The van der Waals surface area contributed by atoms with Crippen LogP contribution in [0.1, 0.15) is 37.7 Å². The summed E-state index contributed by atoms with van der Waals surface area (Å²) in [6, 6.07) is 16.7. The van der Waals surface area contributed by atoms with Crippen molar-refractivity contribution in [2.75, 3.05) is 13.1 Å². The van der Waals surface area contributed by atoms with E-state index >= 15 is 0 Å². The Morgan fingerprint density at radius 2 is 1.86 bits per heavy atom. The lowest BCUT2D eigenvalue weighted by Gasteiger charge is -2.28. The fraction of sp³-hybridized carbons (Fsp3) is 0.391. The van der Waals surface area contributed by atoms with Gasteiger partial charge in [-0.25, -0.2) is 4.98 Å². The van der Waals surface area contributed by atoms with Gasteiger partial charge in [-0.15, -0.1) is 0 Å². The highest BCUT2D eigenvalue weighted by Crippen LogP contribution is 2.31. The third-order valence-corrected chi connectivity index (χ3v) is 6.46. The number of benzene rings is 2. The number of carbonyl (C=O) groups is 1. The second-order valence-corrected chi connectivity index (χ2v) is 8.55. The van der Waals surface area contributed by atoms with Crippen LogP contribution in [0.2, 0.25) is 0 Å². The smallest absolute Gasteiger partial charge is 0.304 e. The molecule has 4 rings (SSSR count). The molecular weight excluding hydrogens is 384 g/mol. The number of ether oxygens (including phenoxy) is 1. The molecule has 2 aromatic carbocycles. The number of nitrogens with zero attached hydrogens (tertiary/aromatic N) is 2. The number of hydrogen-bond donors (Lipinski definition) is 1. The second-order valence-electron chi connectivity index (χ2n) is 7.56. The van der Waals surface area contributed by atoms with Gasteiger partial charge in [0.1, 0.15) is 5.75 Å². The van der Waals surface area contributed by atoms with Crippen molar-refractivity contribution in [1.29, 1.82) is 0 Å². The lowest BCUT2D eigenvalue weighted by Crippen LogP contribution is -2.36. The lowest BCUT2D eigenvalue weighted by atomic mass is 10.1. The minimum Gasteiger partial charge on any atom is -0.481 e. The van der Waals surface area contributed by atoms with Crippen LogP contribution in [0.3, 0.4) is 0 Å². The standard InChI is InChI=1S/C23H26N2O3S/c26-22(27)14-16-25(18-5-1-2-6-18)15-13-17-9-11-19(12-10-17)28-23-24-20-7-3-4-8-21(20)29-23/h3-4,7-12,18H,1-2,5-6,13-16H2,(H,26,27). The Morgan fingerprint density at radius 1 is 1.10 bits per heavy atom. The molecule has 1 N–H and O–H groups in total. The molecule has 1 aliphatic carbocycles. The molecule has 0 atom stereocenters. The van der Waals surface area contributed by atoms with E-state index in [4.69, 9.17) is 9.84 Å². The molecule has 0 spiro atoms. The maximum atomic E-state index is 11.0. The summed E-state index contributed by atoms with van der Waals surface area (Å²) in [5, 5.41) is 9.70. The summed E-state index contributed by atoms with van der Waals surface area (Å²) < 4.78 is 7.04. The number of rotatable bonds is 9. The molecule has 29 heavy (non-hydrogen) atoms. The van der Waals surface area contributed by atoms with Gasteiger partial charge in [0, 0.05) is 19.1 Å². The van der Waals surface area contributed by atoms with Gasteiger partial charge in [0.15, 0.2) is 0 Å². The van der Waals surface area contributed by atoms with E-state index in [1.807, 2.05) is 36.4 Å². The molecular formula is C23H26N2O3S. The van der Waals surface area contributed by atoms with Crippen molar-refractivity contribution in [1.82, 2.24) is 9.88 Å². The summed E-state index contributed by atoms with van der Waals surface area (Å²) in [5.74, 6) is 0.0654. The van der Waals surface area contributed by atoms with Crippen LogP contribution >= 0.6 is 11.3 Å². The van der Waals surface area contributed by atoms with Gasteiger partial charge >= 0.3 is 5.97 Å². The number of para-hydroxylation sites is 1. The normalized spacial score (nSPS) is 14.7. The van der Waals surface area contributed by atoms with Crippen molar-refractivity contribution in [3.05, 3.63) is 54.1 Å². The average molecular weight is 411 g/mol. The Kier molecular flexibility index (Phi) is 6.42. The van der Waals surface area contributed by atoms with E-state index in [1.54, 1.807) is 11.3 Å². The fourth-order valence-corrected chi connectivity index (χ4v) is 4.81. The van der Waals surface area contributed by atoms with Gasteiger partial charge in [-0.05, 0) is 49.1 Å². The molecule has 6 heteroatoms. The number of carboxylic acids is 1. The molecule has 1 fully saturated rings. The van der Waals surface area contributed by atoms with Crippen molar-refractivity contribution < 1.29 is 14.6 Å². The molecule has 5 nitrogen and oxygen atoms in total. The molecule has 0 saturated heterocycles. The number of fused-ring (bicyclic) bond motifs is 1. The van der Waals surface area contributed by atoms with E-state index in [0.717, 1.165) is 28.9 Å². The summed E-state index contributed by atoms with van der Waals surface area (Å²) in [7, 11) is 0. The Balaban J connectivity index is 1.34. The van der Waals surface area contributed by atoms with Crippen molar-refractivity contribution >= 4 is 27.5 Å². The molecule has 0 radical (unpaired) electrons. The SMILES string of the molecule is O=C(O)CCN(CCc1ccc(Oc2nc3ccccc3s2)cc1)C1CCCC1. The van der Waals surface area contributed by atoms with Crippen LogP contribution in [-0.4, -0.2) is 40.1 Å². The van der Waals surface area contributed by atoms with Crippen LogP contribution in [-0.2, 0) is 11.2 Å². The highest BCUT2D eigenvalue weighted by molar-refractivity contribution is 7.20. The number of carboxylic acid groups (broad SMARTS) is 1. The van der Waals surface area contributed by atoms with E-state index < -0.39 is 5.97 Å². The van der Waals surface area contributed by atoms with Gasteiger partial charge in [-0.1, -0.05) is 48.4 Å². The summed E-state index contributed by atoms with van der Waals surface area (Å²) in [6.07, 6.45) is 6.02. The Morgan fingerprint density at radius 3 is 2.59 bits per heavy atom. The topological polar surface area (TPSA) is 62.7 Å². The van der Waals surface area contributed by atoms with Crippen LogP contribution in [0, 0.1) is 0 Å². The first-order valence-electron chi connectivity index (χ1n) is 10.3. The second kappa shape index (κ2) is 9.37. The van der Waals surface area contributed by atoms with E-state index in [0.29, 0.717) is 17.8 Å². The van der Waals surface area contributed by atoms with E-state index in [-0.39, 0.29) is 6.42 Å². The van der Waals surface area contributed by atoms with Crippen LogP contribution in [0.15, 0.2) is 48.5 Å². The predicted molar refractivity (Wildman–Crippen MR) is 116 cm³/mol. The van der Waals surface area contributed by atoms with Crippen molar-refractivity contribution in [3.63, 3.8) is 0 Å². The first-order chi connectivity index (χ1) is 14.2. The maximum absolute atomic E-state index is 11.0. The number of aromatic nitrogens is 1. The van der Waals surface area contributed by atoms with Gasteiger partial charge in [0.25, 0.3) is 5.19 Å². The summed E-state index contributed by atoms with van der Waals surface area (Å²) in [5.41, 5.74) is 2.19. The lowest BCUT2D eigenvalue weighted by molar-refractivity contribution is -0.137. The summed E-state index contributed by atoms with van der Waals surface area (Å²) in [6.45, 7) is 1.54. The number of thiazole rings is 1. The van der Waals surface area contributed by atoms with Gasteiger partial charge in [-0.2, -0.15) is 0 Å². The van der Waals surface area contributed by atoms with Gasteiger partial charge in [0.2, 0.25) is 0 Å². The molecule has 1 saturated carbocycles. The van der Waals surface area contributed by atoms with Gasteiger partial charge in [0.05, 0.1) is 16.6 Å².